The number of hydrogen-bond acceptors (Lipinski definition) is 5. The topological polar surface area (TPSA) is 73.8 Å². The third-order valence-corrected chi connectivity index (χ3v) is 7.57. The molecule has 1 aromatic heterocycles. The number of carbonyl (C=O) groups is 1. The van der Waals surface area contributed by atoms with Gasteiger partial charge in [-0.25, -0.2) is 4.39 Å². The van der Waals surface area contributed by atoms with Crippen LogP contribution in [0.4, 0.5) is 10.1 Å². The molecular weight excluding hydrogens is 473 g/mol. The fourth-order valence-corrected chi connectivity index (χ4v) is 5.19. The van der Waals surface area contributed by atoms with Gasteiger partial charge in [0.2, 0.25) is 0 Å². The van der Waals surface area contributed by atoms with Gasteiger partial charge in [-0.15, -0.1) is 0 Å². The third-order valence-electron chi connectivity index (χ3n) is 7.57. The Morgan fingerprint density at radius 3 is 2.73 bits per heavy atom. The second-order valence-corrected chi connectivity index (χ2v) is 10.1. The molecule has 0 bridgehead atoms. The highest BCUT2D eigenvalue weighted by molar-refractivity contribution is 6.06. The first-order valence-corrected chi connectivity index (χ1v) is 13.2. The van der Waals surface area contributed by atoms with Gasteiger partial charge >= 0.3 is 0 Å². The van der Waals surface area contributed by atoms with Crippen molar-refractivity contribution in [3.8, 4) is 5.75 Å². The van der Waals surface area contributed by atoms with E-state index >= 15 is 0 Å². The average molecular weight is 510 g/mol. The number of aryl methyl sites for hydroxylation is 2. The van der Waals surface area contributed by atoms with Gasteiger partial charge in [0, 0.05) is 61.8 Å². The average Bonchev–Trinajstić information content (AvgIpc) is 3.54. The van der Waals surface area contributed by atoms with Gasteiger partial charge in [-0.2, -0.15) is 0 Å². The normalized spacial score (nSPS) is 18.4. The fraction of sp³-hybridized carbons (Fsp3) is 0.483. The predicted molar refractivity (Wildman–Crippen MR) is 142 cm³/mol. The first-order valence-electron chi connectivity index (χ1n) is 13.2. The predicted octanol–water partition coefficient (Wildman–Crippen LogP) is 4.95. The van der Waals surface area contributed by atoms with E-state index in [4.69, 9.17) is 14.2 Å². The van der Waals surface area contributed by atoms with Crippen LogP contribution in [0.1, 0.15) is 47.3 Å². The van der Waals surface area contributed by atoms with E-state index < -0.39 is 11.7 Å². The van der Waals surface area contributed by atoms with Gasteiger partial charge in [-0.3, -0.25) is 4.79 Å². The van der Waals surface area contributed by atoms with Crippen molar-refractivity contribution in [2.75, 3.05) is 38.3 Å². The molecule has 2 fully saturated rings. The van der Waals surface area contributed by atoms with Gasteiger partial charge in [-0.05, 0) is 81.0 Å². The Bertz CT molecular complexity index is 1250. The fourth-order valence-electron chi connectivity index (χ4n) is 5.19. The lowest BCUT2D eigenvalue weighted by atomic mass is 10.0. The van der Waals surface area contributed by atoms with Crippen LogP contribution in [0.15, 0.2) is 36.4 Å². The number of aromatic nitrogens is 1. The number of nitrogens with zero attached hydrogens (tertiary/aromatic N) is 1. The molecule has 3 heterocycles. The lowest BCUT2D eigenvalue weighted by Gasteiger charge is -2.22. The minimum atomic E-state index is -0.612. The number of hydrogen-bond donors (Lipinski definition) is 2. The van der Waals surface area contributed by atoms with Crippen LogP contribution in [0.5, 0.6) is 5.75 Å². The minimum Gasteiger partial charge on any atom is -0.491 e. The summed E-state index contributed by atoms with van der Waals surface area (Å²) in [6.07, 6.45) is 4.23. The van der Waals surface area contributed by atoms with Crippen molar-refractivity contribution in [1.29, 1.82) is 0 Å². The Labute approximate surface area is 217 Å². The first-order chi connectivity index (χ1) is 18.0. The largest absolute Gasteiger partial charge is 0.491 e. The molecule has 8 heteroatoms. The number of fused-ring (bicyclic) bond motifs is 1. The van der Waals surface area contributed by atoms with Crippen LogP contribution in [0, 0.1) is 18.7 Å². The van der Waals surface area contributed by atoms with E-state index in [0.717, 1.165) is 75.1 Å². The number of ether oxygens (including phenoxy) is 3. The highest BCUT2D eigenvalue weighted by Gasteiger charge is 2.19. The van der Waals surface area contributed by atoms with Crippen LogP contribution in [-0.2, 0) is 23.1 Å². The molecule has 1 atom stereocenters. The van der Waals surface area contributed by atoms with Crippen molar-refractivity contribution >= 4 is 22.5 Å². The van der Waals surface area contributed by atoms with E-state index in [0.29, 0.717) is 24.0 Å². The molecule has 2 aliphatic heterocycles. The lowest BCUT2D eigenvalue weighted by Crippen LogP contribution is -2.27. The Kier molecular flexibility index (Phi) is 8.08. The maximum atomic E-state index is 14.8. The SMILES string of the molecule is Cc1c(NC(=O)c2ccc(OC[C@@H]3CCCO3)cc2F)ccc2c1cc(CNCC1CCOCC1)n2C. The van der Waals surface area contributed by atoms with Crippen molar-refractivity contribution in [3.05, 3.63) is 59.0 Å². The van der Waals surface area contributed by atoms with Crippen LogP contribution in [0.2, 0.25) is 0 Å². The van der Waals surface area contributed by atoms with E-state index in [2.05, 4.69) is 28.3 Å². The summed E-state index contributed by atoms with van der Waals surface area (Å²) in [5.74, 6) is -0.0442. The van der Waals surface area contributed by atoms with Gasteiger partial charge in [0.1, 0.15) is 18.2 Å². The molecule has 0 saturated carbocycles. The van der Waals surface area contributed by atoms with Crippen molar-refractivity contribution in [3.63, 3.8) is 0 Å². The molecule has 0 radical (unpaired) electrons. The summed E-state index contributed by atoms with van der Waals surface area (Å²) < 4.78 is 33.6. The highest BCUT2D eigenvalue weighted by Crippen LogP contribution is 2.29. The molecule has 3 aromatic rings. The number of carbonyl (C=O) groups excluding carboxylic acids is 1. The molecule has 0 aliphatic carbocycles. The number of amides is 1. The molecule has 0 unspecified atom stereocenters. The van der Waals surface area contributed by atoms with Gasteiger partial charge in [-0.1, -0.05) is 0 Å². The molecule has 37 heavy (non-hydrogen) atoms. The van der Waals surface area contributed by atoms with Crippen LogP contribution < -0.4 is 15.4 Å². The summed E-state index contributed by atoms with van der Waals surface area (Å²) in [5.41, 5.74) is 3.88. The second kappa shape index (κ2) is 11.6. The molecule has 7 nitrogen and oxygen atoms in total. The maximum absolute atomic E-state index is 14.8. The van der Waals surface area contributed by atoms with Crippen LogP contribution in [0.25, 0.3) is 10.9 Å². The number of nitrogens with one attached hydrogen (secondary N) is 2. The van der Waals surface area contributed by atoms with Gasteiger partial charge in [0.25, 0.3) is 5.91 Å². The molecule has 2 saturated heterocycles. The monoisotopic (exact) mass is 509 g/mol. The van der Waals surface area contributed by atoms with Crippen LogP contribution in [0.3, 0.4) is 0 Å². The number of anilines is 1. The Morgan fingerprint density at radius 1 is 1.14 bits per heavy atom. The Balaban J connectivity index is 1.23. The number of halogens is 1. The third kappa shape index (κ3) is 5.98. The summed E-state index contributed by atoms with van der Waals surface area (Å²) >= 11 is 0. The molecule has 1 amide bonds. The minimum absolute atomic E-state index is 0.0185. The van der Waals surface area contributed by atoms with Crippen molar-refractivity contribution < 1.29 is 23.4 Å². The van der Waals surface area contributed by atoms with E-state index in [-0.39, 0.29) is 11.7 Å². The summed E-state index contributed by atoms with van der Waals surface area (Å²) in [6, 6.07) is 10.4. The summed E-state index contributed by atoms with van der Waals surface area (Å²) in [5, 5.41) is 7.56. The van der Waals surface area contributed by atoms with E-state index in [1.165, 1.54) is 17.8 Å². The smallest absolute Gasteiger partial charge is 0.258 e. The second-order valence-electron chi connectivity index (χ2n) is 10.1. The van der Waals surface area contributed by atoms with Gasteiger partial charge in [0.15, 0.2) is 0 Å². The standard InChI is InChI=1S/C29H36FN3O4/c1-19-25-14-21(17-31-16-20-9-12-35-13-10-20)33(2)28(25)8-7-27(19)32-29(34)24-6-5-22(15-26(24)30)37-18-23-4-3-11-36-23/h5-8,14-15,20,23,31H,3-4,9-13,16-18H2,1-2H3,(H,32,34)/t23-/m0/s1. The quantitative estimate of drug-likeness (QED) is 0.427. The van der Waals surface area contributed by atoms with Crippen LogP contribution >= 0.6 is 0 Å². The van der Waals surface area contributed by atoms with Crippen molar-refractivity contribution in [2.45, 2.75) is 45.3 Å². The molecule has 2 N–H and O–H groups in total. The molecule has 0 spiro atoms. The van der Waals surface area contributed by atoms with E-state index in [1.807, 2.05) is 19.1 Å². The van der Waals surface area contributed by atoms with Gasteiger partial charge < -0.3 is 29.4 Å². The maximum Gasteiger partial charge on any atom is 0.258 e. The summed E-state index contributed by atoms with van der Waals surface area (Å²) in [6.45, 7) is 6.57. The van der Waals surface area contributed by atoms with Crippen molar-refractivity contribution in [1.82, 2.24) is 9.88 Å². The van der Waals surface area contributed by atoms with E-state index in [9.17, 15) is 9.18 Å². The first kappa shape index (κ1) is 25.7. The molecular formula is C29H36FN3O4. The van der Waals surface area contributed by atoms with Gasteiger partial charge in [0.05, 0.1) is 11.7 Å². The van der Waals surface area contributed by atoms with Crippen LogP contribution in [-0.4, -0.2) is 49.6 Å². The number of rotatable bonds is 9. The zero-order valence-electron chi connectivity index (χ0n) is 21.6. The van der Waals surface area contributed by atoms with E-state index in [1.54, 1.807) is 6.07 Å². The zero-order valence-corrected chi connectivity index (χ0v) is 21.6. The lowest BCUT2D eigenvalue weighted by molar-refractivity contribution is 0.0662. The summed E-state index contributed by atoms with van der Waals surface area (Å²) in [7, 11) is 2.06. The van der Waals surface area contributed by atoms with Crippen molar-refractivity contribution in [2.24, 2.45) is 13.0 Å². The summed E-state index contributed by atoms with van der Waals surface area (Å²) in [4.78, 5) is 12.9. The molecule has 198 valence electrons. The Morgan fingerprint density at radius 2 is 1.97 bits per heavy atom. The highest BCUT2D eigenvalue weighted by atomic mass is 19.1. The Hall–Kier alpha value is -2.94. The number of benzene rings is 2. The molecule has 5 rings (SSSR count). The zero-order chi connectivity index (χ0) is 25.8. The molecule has 2 aliphatic rings. The molecule has 2 aromatic carbocycles.